The molecule has 0 aliphatic carbocycles. The van der Waals surface area contributed by atoms with Crippen LogP contribution in [0, 0.1) is 5.92 Å². The van der Waals surface area contributed by atoms with Gasteiger partial charge >= 0.3 is 6.03 Å². The summed E-state index contributed by atoms with van der Waals surface area (Å²) in [5.74, 6) is 0.515. The number of nitrogens with one attached hydrogen (secondary N) is 1. The number of rotatable bonds is 4. The van der Waals surface area contributed by atoms with Crippen molar-refractivity contribution in [3.63, 3.8) is 0 Å². The summed E-state index contributed by atoms with van der Waals surface area (Å²) < 4.78 is 5.76. The number of carbonyl (C=O) groups is 1. The standard InChI is InChI=1S/C14H26N2O3/c1-11(4-2-8-17)15-14(18)16-7-6-13-12(10-16)5-3-9-19-13/h11-13,17H,2-10H2,1H3,(H,15,18). The van der Waals surface area contributed by atoms with Gasteiger partial charge in [0.15, 0.2) is 0 Å². The molecule has 0 aromatic carbocycles. The van der Waals surface area contributed by atoms with E-state index in [0.717, 1.165) is 45.4 Å². The molecular weight excluding hydrogens is 244 g/mol. The predicted molar refractivity (Wildman–Crippen MR) is 73.0 cm³/mol. The van der Waals surface area contributed by atoms with Gasteiger partial charge in [0.2, 0.25) is 0 Å². The van der Waals surface area contributed by atoms with E-state index in [0.29, 0.717) is 12.0 Å². The SMILES string of the molecule is CC(CCCO)NC(=O)N1CCC2OCCCC2C1. The Labute approximate surface area is 115 Å². The zero-order valence-electron chi connectivity index (χ0n) is 11.8. The number of aliphatic hydroxyl groups is 1. The van der Waals surface area contributed by atoms with Gasteiger partial charge in [-0.25, -0.2) is 4.79 Å². The monoisotopic (exact) mass is 270 g/mol. The molecule has 19 heavy (non-hydrogen) atoms. The maximum absolute atomic E-state index is 12.2. The van der Waals surface area contributed by atoms with E-state index in [2.05, 4.69) is 5.32 Å². The fraction of sp³-hybridized carbons (Fsp3) is 0.929. The number of aliphatic hydroxyl groups excluding tert-OH is 1. The van der Waals surface area contributed by atoms with Gasteiger partial charge in [0.25, 0.3) is 0 Å². The summed E-state index contributed by atoms with van der Waals surface area (Å²) in [5.41, 5.74) is 0. The Kier molecular flexibility index (Phi) is 5.45. The summed E-state index contributed by atoms with van der Waals surface area (Å²) in [4.78, 5) is 14.1. The number of amides is 2. The van der Waals surface area contributed by atoms with Crippen molar-refractivity contribution in [2.45, 2.75) is 51.2 Å². The lowest BCUT2D eigenvalue weighted by atomic mass is 9.89. The number of hydrogen-bond acceptors (Lipinski definition) is 3. The lowest BCUT2D eigenvalue weighted by Crippen LogP contribution is -2.52. The average molecular weight is 270 g/mol. The molecule has 0 radical (unpaired) electrons. The quantitative estimate of drug-likeness (QED) is 0.811. The summed E-state index contributed by atoms with van der Waals surface area (Å²) in [6, 6.07) is 0.162. The lowest BCUT2D eigenvalue weighted by Gasteiger charge is -2.41. The van der Waals surface area contributed by atoms with E-state index in [-0.39, 0.29) is 18.7 Å². The van der Waals surface area contributed by atoms with Gasteiger partial charge in [0.05, 0.1) is 6.10 Å². The second-order valence-corrected chi connectivity index (χ2v) is 5.76. The minimum absolute atomic E-state index is 0.0365. The predicted octanol–water partition coefficient (Wildman–Crippen LogP) is 1.36. The summed E-state index contributed by atoms with van der Waals surface area (Å²) >= 11 is 0. The molecule has 2 rings (SSSR count). The van der Waals surface area contributed by atoms with Crippen LogP contribution >= 0.6 is 0 Å². The first-order valence-corrected chi connectivity index (χ1v) is 7.48. The Bertz CT molecular complexity index is 298. The van der Waals surface area contributed by atoms with Crippen molar-refractivity contribution in [3.05, 3.63) is 0 Å². The number of nitrogens with zero attached hydrogens (tertiary/aromatic N) is 1. The van der Waals surface area contributed by atoms with Crippen LogP contribution in [0.2, 0.25) is 0 Å². The van der Waals surface area contributed by atoms with Crippen molar-refractivity contribution in [1.29, 1.82) is 0 Å². The zero-order valence-corrected chi connectivity index (χ0v) is 11.8. The second kappa shape index (κ2) is 7.10. The molecule has 0 aromatic heterocycles. The Hall–Kier alpha value is -0.810. The van der Waals surface area contributed by atoms with E-state index in [1.165, 1.54) is 6.42 Å². The topological polar surface area (TPSA) is 61.8 Å². The minimum atomic E-state index is 0.0365. The highest BCUT2D eigenvalue weighted by molar-refractivity contribution is 5.74. The highest BCUT2D eigenvalue weighted by Gasteiger charge is 2.33. The fourth-order valence-corrected chi connectivity index (χ4v) is 3.04. The fourth-order valence-electron chi connectivity index (χ4n) is 3.04. The van der Waals surface area contributed by atoms with E-state index in [1.54, 1.807) is 0 Å². The first kappa shape index (κ1) is 14.6. The minimum Gasteiger partial charge on any atom is -0.396 e. The van der Waals surface area contributed by atoms with Gasteiger partial charge in [-0.1, -0.05) is 0 Å². The molecule has 0 aromatic rings. The lowest BCUT2D eigenvalue weighted by molar-refractivity contribution is -0.0587. The normalized spacial score (nSPS) is 28.6. The van der Waals surface area contributed by atoms with Crippen molar-refractivity contribution in [2.75, 3.05) is 26.3 Å². The molecule has 5 nitrogen and oxygen atoms in total. The first-order chi connectivity index (χ1) is 9.20. The molecule has 2 amide bonds. The third-order valence-corrected chi connectivity index (χ3v) is 4.17. The summed E-state index contributed by atoms with van der Waals surface area (Å²) in [6.45, 7) is 4.67. The molecule has 110 valence electrons. The van der Waals surface area contributed by atoms with Gasteiger partial charge < -0.3 is 20.1 Å². The number of hydrogen-bond donors (Lipinski definition) is 2. The number of urea groups is 1. The molecule has 3 unspecified atom stereocenters. The van der Waals surface area contributed by atoms with Crippen molar-refractivity contribution in [2.24, 2.45) is 5.92 Å². The Balaban J connectivity index is 1.76. The molecule has 5 heteroatoms. The van der Waals surface area contributed by atoms with Crippen LogP contribution < -0.4 is 5.32 Å². The van der Waals surface area contributed by atoms with Gasteiger partial charge in [-0.15, -0.1) is 0 Å². The maximum atomic E-state index is 12.2. The summed E-state index contributed by atoms with van der Waals surface area (Å²) in [5, 5.41) is 11.8. The molecule has 2 fully saturated rings. The van der Waals surface area contributed by atoms with Crippen LogP contribution in [-0.4, -0.2) is 54.5 Å². The number of likely N-dealkylation sites (tertiary alicyclic amines) is 1. The molecule has 0 spiro atoms. The Morgan fingerprint density at radius 2 is 2.37 bits per heavy atom. The largest absolute Gasteiger partial charge is 0.396 e. The van der Waals surface area contributed by atoms with Crippen LogP contribution in [0.1, 0.15) is 39.0 Å². The van der Waals surface area contributed by atoms with Crippen molar-refractivity contribution >= 4 is 6.03 Å². The van der Waals surface area contributed by atoms with Crippen LogP contribution in [0.4, 0.5) is 4.79 Å². The van der Waals surface area contributed by atoms with Crippen molar-refractivity contribution < 1.29 is 14.6 Å². The summed E-state index contributed by atoms with van der Waals surface area (Å²) in [6.07, 6.45) is 5.18. The molecule has 2 aliphatic heterocycles. The van der Waals surface area contributed by atoms with Gasteiger partial charge in [-0.05, 0) is 39.0 Å². The molecule has 3 atom stereocenters. The number of ether oxygens (including phenoxy) is 1. The van der Waals surface area contributed by atoms with Crippen LogP contribution in [0.5, 0.6) is 0 Å². The van der Waals surface area contributed by atoms with Gasteiger partial charge in [0, 0.05) is 38.3 Å². The zero-order chi connectivity index (χ0) is 13.7. The maximum Gasteiger partial charge on any atom is 0.317 e. The van der Waals surface area contributed by atoms with Crippen LogP contribution in [0.15, 0.2) is 0 Å². The molecule has 2 saturated heterocycles. The first-order valence-electron chi connectivity index (χ1n) is 7.48. The van der Waals surface area contributed by atoms with Crippen molar-refractivity contribution in [1.82, 2.24) is 10.2 Å². The third-order valence-electron chi connectivity index (χ3n) is 4.17. The van der Waals surface area contributed by atoms with E-state index in [4.69, 9.17) is 9.84 Å². The molecule has 2 heterocycles. The molecule has 2 N–H and O–H groups in total. The molecular formula is C14H26N2O3. The number of fused-ring (bicyclic) bond motifs is 1. The van der Waals surface area contributed by atoms with Gasteiger partial charge in [0.1, 0.15) is 0 Å². The molecule has 2 aliphatic rings. The third kappa shape index (κ3) is 4.08. The van der Waals surface area contributed by atoms with Crippen LogP contribution in [0.3, 0.4) is 0 Å². The smallest absolute Gasteiger partial charge is 0.317 e. The average Bonchev–Trinajstić information content (AvgIpc) is 2.44. The highest BCUT2D eigenvalue weighted by atomic mass is 16.5. The summed E-state index contributed by atoms with van der Waals surface area (Å²) in [7, 11) is 0. The number of piperidine rings is 1. The van der Waals surface area contributed by atoms with E-state index in [9.17, 15) is 4.79 Å². The van der Waals surface area contributed by atoms with Crippen LogP contribution in [0.25, 0.3) is 0 Å². The second-order valence-electron chi connectivity index (χ2n) is 5.76. The van der Waals surface area contributed by atoms with E-state index in [1.807, 2.05) is 11.8 Å². The molecule has 0 bridgehead atoms. The van der Waals surface area contributed by atoms with Gasteiger partial charge in [-0.2, -0.15) is 0 Å². The van der Waals surface area contributed by atoms with Gasteiger partial charge in [-0.3, -0.25) is 0 Å². The number of carbonyl (C=O) groups excluding carboxylic acids is 1. The van der Waals surface area contributed by atoms with Crippen molar-refractivity contribution in [3.8, 4) is 0 Å². The Morgan fingerprint density at radius 3 is 3.16 bits per heavy atom. The van der Waals surface area contributed by atoms with Crippen LogP contribution in [-0.2, 0) is 4.74 Å². The Morgan fingerprint density at radius 1 is 1.53 bits per heavy atom. The van der Waals surface area contributed by atoms with E-state index >= 15 is 0 Å². The highest BCUT2D eigenvalue weighted by Crippen LogP contribution is 2.28. The van der Waals surface area contributed by atoms with E-state index < -0.39 is 0 Å². The molecule has 0 saturated carbocycles.